The number of carbonyl (C=O) groups is 1. The smallest absolute Gasteiger partial charge is 0.299 e. The zero-order chi connectivity index (χ0) is 22.9. The van der Waals surface area contributed by atoms with Gasteiger partial charge in [-0.2, -0.15) is 13.2 Å². The molecule has 0 aromatic heterocycles. The van der Waals surface area contributed by atoms with Crippen LogP contribution < -0.4 is 4.72 Å². The molecule has 0 heterocycles. The van der Waals surface area contributed by atoms with E-state index in [1.54, 1.807) is 0 Å². The second kappa shape index (κ2) is 8.74. The number of carbonyl (C=O) groups excluding carboxylic acids is 1. The van der Waals surface area contributed by atoms with E-state index in [0.29, 0.717) is 6.07 Å². The first-order chi connectivity index (χ1) is 13.7. The van der Waals surface area contributed by atoms with Crippen LogP contribution in [0.25, 0.3) is 0 Å². The maximum atomic E-state index is 13.0. The Morgan fingerprint density at radius 3 is 2.23 bits per heavy atom. The molecule has 0 fully saturated rings. The Kier molecular flexibility index (Phi) is 7.12. The lowest BCUT2D eigenvalue weighted by Crippen LogP contribution is -2.20. The van der Waals surface area contributed by atoms with Gasteiger partial charge in [-0.1, -0.05) is 30.1 Å². The van der Waals surface area contributed by atoms with Crippen LogP contribution in [0.1, 0.15) is 18.9 Å². The highest BCUT2D eigenvalue weighted by Crippen LogP contribution is 2.36. The largest absolute Gasteiger partial charge is 0.417 e. The van der Waals surface area contributed by atoms with Crippen molar-refractivity contribution in [1.29, 1.82) is 0 Å². The molecule has 13 heteroatoms. The third-order valence-electron chi connectivity index (χ3n) is 3.82. The van der Waals surface area contributed by atoms with E-state index in [0.717, 1.165) is 24.3 Å². The van der Waals surface area contributed by atoms with Crippen molar-refractivity contribution < 1.29 is 34.8 Å². The Hall–Kier alpha value is -1.82. The van der Waals surface area contributed by atoms with Crippen LogP contribution in [0.4, 0.5) is 18.9 Å². The molecule has 0 radical (unpaired) electrons. The molecule has 0 aliphatic rings. The molecular formula is C17H14Cl2F3NO5S2. The van der Waals surface area contributed by atoms with Crippen molar-refractivity contribution in [3.8, 4) is 0 Å². The summed E-state index contributed by atoms with van der Waals surface area (Å²) < 4.78 is 91.4. The maximum Gasteiger partial charge on any atom is 0.417 e. The molecule has 0 aliphatic carbocycles. The van der Waals surface area contributed by atoms with Gasteiger partial charge in [0.15, 0.2) is 9.84 Å². The van der Waals surface area contributed by atoms with E-state index in [9.17, 15) is 34.8 Å². The summed E-state index contributed by atoms with van der Waals surface area (Å²) in [6, 6.07) is 5.06. The first-order valence-electron chi connectivity index (χ1n) is 8.11. The van der Waals surface area contributed by atoms with E-state index in [4.69, 9.17) is 23.2 Å². The molecule has 0 unspecified atom stereocenters. The molecule has 30 heavy (non-hydrogen) atoms. The summed E-state index contributed by atoms with van der Waals surface area (Å²) in [5.74, 6) is -1.48. The monoisotopic (exact) mass is 503 g/mol. The van der Waals surface area contributed by atoms with Gasteiger partial charge in [-0.25, -0.2) is 16.8 Å². The summed E-state index contributed by atoms with van der Waals surface area (Å²) in [6.45, 7) is 1.46. The number of sulfone groups is 1. The lowest BCUT2D eigenvalue weighted by Gasteiger charge is -2.15. The molecule has 0 aliphatic heterocycles. The van der Waals surface area contributed by atoms with Crippen molar-refractivity contribution >= 4 is 54.5 Å². The van der Waals surface area contributed by atoms with Crippen molar-refractivity contribution in [1.82, 2.24) is 0 Å². The number of halogens is 5. The Morgan fingerprint density at radius 1 is 1.03 bits per heavy atom. The average molecular weight is 504 g/mol. The quantitative estimate of drug-likeness (QED) is 0.596. The van der Waals surface area contributed by atoms with Gasteiger partial charge in [0.2, 0.25) is 0 Å². The number of nitrogens with one attached hydrogen (secondary N) is 1. The highest BCUT2D eigenvalue weighted by Gasteiger charge is 2.35. The number of sulfonamides is 1. The normalized spacial score (nSPS) is 12.6. The topological polar surface area (TPSA) is 97.4 Å². The fraction of sp³-hybridized carbons (Fsp3) is 0.235. The Bertz CT molecular complexity index is 1200. The summed E-state index contributed by atoms with van der Waals surface area (Å²) in [5, 5.41) is -0.744. The minimum atomic E-state index is -4.91. The van der Waals surface area contributed by atoms with E-state index in [1.807, 2.05) is 4.72 Å². The van der Waals surface area contributed by atoms with Crippen molar-refractivity contribution in [2.45, 2.75) is 29.3 Å². The van der Waals surface area contributed by atoms with Gasteiger partial charge in [0.25, 0.3) is 10.0 Å². The van der Waals surface area contributed by atoms with Crippen LogP contribution in [-0.4, -0.2) is 28.4 Å². The standard InChI is InChI=1S/C17H14Cl2F3NO5S2/c1-2-11(24)9-29(25,26)16-6-3-10(18)7-15(16)23-30(27,28)12-4-5-14(19)13(8-12)17(20,21)22/h3-8,23H,2,9H2,1H3. The van der Waals surface area contributed by atoms with Crippen LogP contribution in [0.5, 0.6) is 0 Å². The number of anilines is 1. The van der Waals surface area contributed by atoms with Gasteiger partial charge in [0.1, 0.15) is 11.5 Å². The molecule has 2 rings (SSSR count). The van der Waals surface area contributed by atoms with E-state index in [2.05, 4.69) is 0 Å². The van der Waals surface area contributed by atoms with Crippen molar-refractivity contribution in [3.05, 3.63) is 52.0 Å². The van der Waals surface area contributed by atoms with Gasteiger partial charge in [0.05, 0.1) is 26.1 Å². The molecule has 2 aromatic carbocycles. The fourth-order valence-corrected chi connectivity index (χ4v) is 5.40. The number of alkyl halides is 3. The predicted octanol–water partition coefficient (Wildman–Crippen LogP) is 4.57. The zero-order valence-corrected chi connectivity index (χ0v) is 18.3. The highest BCUT2D eigenvalue weighted by atomic mass is 35.5. The molecule has 1 N–H and O–H groups in total. The fourth-order valence-electron chi connectivity index (χ4n) is 2.34. The average Bonchev–Trinajstić information content (AvgIpc) is 2.59. The number of Topliss-reactive ketones (excluding diaryl/α,β-unsaturated/α-hetero) is 1. The summed E-state index contributed by atoms with van der Waals surface area (Å²) in [6.07, 6.45) is -4.97. The zero-order valence-electron chi connectivity index (χ0n) is 15.1. The lowest BCUT2D eigenvalue weighted by molar-refractivity contribution is -0.137. The van der Waals surface area contributed by atoms with Crippen LogP contribution >= 0.6 is 23.2 Å². The predicted molar refractivity (Wildman–Crippen MR) is 106 cm³/mol. The van der Waals surface area contributed by atoms with Gasteiger partial charge in [0, 0.05) is 11.4 Å². The Labute approximate surface area is 181 Å². The third kappa shape index (κ3) is 5.65. The van der Waals surface area contributed by atoms with Gasteiger partial charge in [-0.05, 0) is 36.4 Å². The molecule has 0 saturated carbocycles. The second-order valence-corrected chi connectivity index (χ2v) is 10.5. The Balaban J connectivity index is 2.55. The van der Waals surface area contributed by atoms with Gasteiger partial charge in [-0.15, -0.1) is 0 Å². The minimum absolute atomic E-state index is 0.0412. The van der Waals surface area contributed by atoms with Crippen LogP contribution in [0.2, 0.25) is 10.0 Å². The number of hydrogen-bond donors (Lipinski definition) is 1. The van der Waals surface area contributed by atoms with E-state index >= 15 is 0 Å². The minimum Gasteiger partial charge on any atom is -0.299 e. The van der Waals surface area contributed by atoms with Crippen LogP contribution in [0.3, 0.4) is 0 Å². The molecule has 2 aromatic rings. The lowest BCUT2D eigenvalue weighted by atomic mass is 10.2. The highest BCUT2D eigenvalue weighted by molar-refractivity contribution is 7.93. The van der Waals surface area contributed by atoms with Crippen LogP contribution in [0, 0.1) is 0 Å². The van der Waals surface area contributed by atoms with Gasteiger partial charge >= 0.3 is 6.18 Å². The third-order valence-corrected chi connectivity index (χ3v) is 7.48. The molecule has 164 valence electrons. The number of ketones is 1. The molecule has 0 amide bonds. The van der Waals surface area contributed by atoms with Crippen molar-refractivity contribution in [2.75, 3.05) is 10.5 Å². The van der Waals surface area contributed by atoms with E-state index < -0.39 is 63.6 Å². The summed E-state index contributed by atoms with van der Waals surface area (Å²) in [5.41, 5.74) is -1.88. The molecule has 6 nitrogen and oxygen atoms in total. The van der Waals surface area contributed by atoms with Crippen LogP contribution in [0.15, 0.2) is 46.2 Å². The number of hydrogen-bond acceptors (Lipinski definition) is 5. The number of benzene rings is 2. The van der Waals surface area contributed by atoms with E-state index in [-0.39, 0.29) is 11.4 Å². The SMILES string of the molecule is CCC(=O)CS(=O)(=O)c1ccc(Cl)cc1NS(=O)(=O)c1ccc(Cl)c(C(F)(F)F)c1. The molecule has 0 saturated heterocycles. The molecule has 0 atom stereocenters. The Morgan fingerprint density at radius 2 is 1.67 bits per heavy atom. The summed E-state index contributed by atoms with van der Waals surface area (Å²) >= 11 is 11.3. The first kappa shape index (κ1) is 24.4. The van der Waals surface area contributed by atoms with Crippen molar-refractivity contribution in [2.24, 2.45) is 0 Å². The van der Waals surface area contributed by atoms with Gasteiger partial charge in [-0.3, -0.25) is 9.52 Å². The molecule has 0 spiro atoms. The van der Waals surface area contributed by atoms with E-state index in [1.165, 1.54) is 13.0 Å². The second-order valence-electron chi connectivity index (χ2n) is 6.04. The first-order valence-corrected chi connectivity index (χ1v) is 12.0. The maximum absolute atomic E-state index is 13.0. The van der Waals surface area contributed by atoms with Crippen LogP contribution in [-0.2, 0) is 30.8 Å². The van der Waals surface area contributed by atoms with Crippen molar-refractivity contribution in [3.63, 3.8) is 0 Å². The number of rotatable bonds is 7. The molecular weight excluding hydrogens is 490 g/mol. The summed E-state index contributed by atoms with van der Waals surface area (Å²) in [4.78, 5) is 10.2. The molecule has 0 bridgehead atoms. The summed E-state index contributed by atoms with van der Waals surface area (Å²) in [7, 11) is -8.91. The van der Waals surface area contributed by atoms with Gasteiger partial charge < -0.3 is 0 Å².